The van der Waals surface area contributed by atoms with Crippen LogP contribution in [0.2, 0.25) is 5.02 Å². The number of amides is 1. The molecular formula is C25H19ClN2O6. The molecule has 34 heavy (non-hydrogen) atoms. The van der Waals surface area contributed by atoms with Gasteiger partial charge in [0.05, 0.1) is 39.7 Å². The summed E-state index contributed by atoms with van der Waals surface area (Å²) < 4.78 is 10.9. The summed E-state index contributed by atoms with van der Waals surface area (Å²) in [6.45, 7) is 3.62. The fraction of sp³-hybridized carbons (Fsp3) is 0.120. The van der Waals surface area contributed by atoms with Crippen LogP contribution in [0.5, 0.6) is 0 Å². The van der Waals surface area contributed by atoms with Gasteiger partial charge in [0.15, 0.2) is 0 Å². The van der Waals surface area contributed by atoms with Gasteiger partial charge in [0, 0.05) is 5.56 Å². The molecule has 0 bridgehead atoms. The number of ether oxygens (including phenoxy) is 1. The molecule has 9 heteroatoms. The molecule has 0 aliphatic carbocycles. The number of carbonyl (C=O) groups is 3. The molecule has 0 atom stereocenters. The van der Waals surface area contributed by atoms with E-state index in [-0.39, 0.29) is 22.8 Å². The van der Waals surface area contributed by atoms with E-state index in [2.05, 4.69) is 5.10 Å². The van der Waals surface area contributed by atoms with Crippen LogP contribution in [0.1, 0.15) is 40.3 Å². The number of halogens is 1. The van der Waals surface area contributed by atoms with Gasteiger partial charge in [-0.1, -0.05) is 17.7 Å². The summed E-state index contributed by atoms with van der Waals surface area (Å²) in [5.74, 6) is -1.16. The van der Waals surface area contributed by atoms with Crippen molar-refractivity contribution >= 4 is 46.9 Å². The highest BCUT2D eigenvalue weighted by atomic mass is 35.5. The average Bonchev–Trinajstić information content (AvgIpc) is 3.40. The third-order valence-electron chi connectivity index (χ3n) is 5.06. The fourth-order valence-electron chi connectivity index (χ4n) is 3.40. The van der Waals surface area contributed by atoms with Crippen LogP contribution in [0, 0.1) is 0 Å². The minimum atomic E-state index is -1.10. The molecule has 172 valence electrons. The smallest absolute Gasteiger partial charge is 0.339 e. The van der Waals surface area contributed by atoms with Gasteiger partial charge in [-0.2, -0.15) is 10.1 Å². The highest BCUT2D eigenvalue weighted by molar-refractivity contribution is 6.33. The molecule has 8 nitrogen and oxygen atoms in total. The van der Waals surface area contributed by atoms with E-state index in [9.17, 15) is 19.5 Å². The van der Waals surface area contributed by atoms with Crippen molar-refractivity contribution in [3.63, 3.8) is 0 Å². The lowest BCUT2D eigenvalue weighted by atomic mass is 10.1. The van der Waals surface area contributed by atoms with Crippen molar-refractivity contribution in [1.29, 1.82) is 0 Å². The molecule has 0 saturated carbocycles. The van der Waals surface area contributed by atoms with Crippen molar-refractivity contribution in [1.82, 2.24) is 0 Å². The second-order valence-corrected chi connectivity index (χ2v) is 7.74. The average molecular weight is 479 g/mol. The molecule has 1 amide bonds. The molecule has 0 unspecified atom stereocenters. The fourth-order valence-corrected chi connectivity index (χ4v) is 3.60. The first-order chi connectivity index (χ1) is 16.3. The molecule has 4 rings (SSSR count). The van der Waals surface area contributed by atoms with Gasteiger partial charge in [0.2, 0.25) is 0 Å². The molecule has 0 saturated heterocycles. The maximum Gasteiger partial charge on any atom is 0.339 e. The predicted molar refractivity (Wildman–Crippen MR) is 127 cm³/mol. The van der Waals surface area contributed by atoms with Gasteiger partial charge in [-0.25, -0.2) is 9.59 Å². The Kier molecular flexibility index (Phi) is 6.34. The second-order valence-electron chi connectivity index (χ2n) is 7.33. The molecule has 0 fully saturated rings. The van der Waals surface area contributed by atoms with E-state index in [0.717, 1.165) is 5.01 Å². The molecule has 0 spiro atoms. The zero-order valence-corrected chi connectivity index (χ0v) is 19.0. The number of rotatable bonds is 6. The van der Waals surface area contributed by atoms with E-state index in [0.29, 0.717) is 34.1 Å². The zero-order chi connectivity index (χ0) is 24.4. The number of esters is 1. The maximum atomic E-state index is 13.0. The summed E-state index contributed by atoms with van der Waals surface area (Å²) in [5.41, 5.74) is 2.01. The van der Waals surface area contributed by atoms with Gasteiger partial charge < -0.3 is 14.3 Å². The van der Waals surface area contributed by atoms with Crippen LogP contribution in [0.25, 0.3) is 17.4 Å². The first-order valence-corrected chi connectivity index (χ1v) is 10.7. The lowest BCUT2D eigenvalue weighted by molar-refractivity contribution is -0.114. The topological polar surface area (TPSA) is 109 Å². The number of aromatic carboxylic acids is 1. The Balaban J connectivity index is 1.61. The van der Waals surface area contributed by atoms with Gasteiger partial charge in [0.25, 0.3) is 5.91 Å². The molecule has 0 radical (unpaired) electrons. The van der Waals surface area contributed by atoms with Gasteiger partial charge >= 0.3 is 11.9 Å². The molecule has 1 N–H and O–H groups in total. The Morgan fingerprint density at radius 3 is 2.71 bits per heavy atom. The highest BCUT2D eigenvalue weighted by Crippen LogP contribution is 2.30. The van der Waals surface area contributed by atoms with Crippen LogP contribution >= 0.6 is 11.6 Å². The second kappa shape index (κ2) is 9.36. The van der Waals surface area contributed by atoms with Gasteiger partial charge in [-0.15, -0.1) is 0 Å². The number of carboxylic acid groups (broad SMARTS) is 1. The highest BCUT2D eigenvalue weighted by Gasteiger charge is 2.29. The predicted octanol–water partition coefficient (Wildman–Crippen LogP) is 5.28. The van der Waals surface area contributed by atoms with Gasteiger partial charge in [0.1, 0.15) is 11.5 Å². The van der Waals surface area contributed by atoms with E-state index in [1.165, 1.54) is 12.1 Å². The van der Waals surface area contributed by atoms with E-state index in [4.69, 9.17) is 20.8 Å². The Labute approximate surface area is 199 Å². The van der Waals surface area contributed by atoms with Crippen LogP contribution in [-0.4, -0.2) is 35.3 Å². The number of anilines is 1. The maximum absolute atomic E-state index is 13.0. The number of nitrogens with zero attached hydrogens (tertiary/aromatic N) is 2. The Morgan fingerprint density at radius 2 is 1.97 bits per heavy atom. The Hall–Kier alpha value is -4.17. The Bertz CT molecular complexity index is 1370. The third kappa shape index (κ3) is 4.49. The van der Waals surface area contributed by atoms with Crippen molar-refractivity contribution in [2.45, 2.75) is 13.8 Å². The van der Waals surface area contributed by atoms with E-state index < -0.39 is 17.8 Å². The summed E-state index contributed by atoms with van der Waals surface area (Å²) in [5, 5.41) is 14.9. The largest absolute Gasteiger partial charge is 0.478 e. The number of furan rings is 1. The van der Waals surface area contributed by atoms with Crippen molar-refractivity contribution < 1.29 is 28.6 Å². The minimum Gasteiger partial charge on any atom is -0.478 e. The monoisotopic (exact) mass is 478 g/mol. The SMILES string of the molecule is CCOC(=O)c1cc(-c2ccc(C=C3C(=O)N(c4cccc(C(=O)O)c4)N=C3C)o2)ccc1Cl. The molecule has 1 aliphatic heterocycles. The molecule has 2 aromatic carbocycles. The number of benzene rings is 2. The summed E-state index contributed by atoms with van der Waals surface area (Å²) in [6.07, 6.45) is 1.56. The van der Waals surface area contributed by atoms with Crippen LogP contribution in [0.4, 0.5) is 5.69 Å². The quantitative estimate of drug-likeness (QED) is 0.381. The number of hydrogen-bond acceptors (Lipinski definition) is 6. The normalized spacial score (nSPS) is 14.4. The molecular weight excluding hydrogens is 460 g/mol. The van der Waals surface area contributed by atoms with Crippen molar-refractivity contribution in [3.05, 3.63) is 82.1 Å². The summed E-state index contributed by atoms with van der Waals surface area (Å²) >= 11 is 6.13. The Morgan fingerprint density at radius 1 is 1.18 bits per heavy atom. The standard InChI is InChI=1S/C25H19ClN2O6/c1-3-33-25(32)20-12-15(7-9-21(20)26)22-10-8-18(34-22)13-19-14(2)27-28(23(19)29)17-6-4-5-16(11-17)24(30)31/h4-13H,3H2,1-2H3,(H,30,31). The van der Waals surface area contributed by atoms with E-state index >= 15 is 0 Å². The van der Waals surface area contributed by atoms with Crippen LogP contribution in [0.15, 0.2) is 69.7 Å². The number of hydrazone groups is 1. The van der Waals surface area contributed by atoms with Crippen LogP contribution in [-0.2, 0) is 9.53 Å². The number of hydrogen-bond donors (Lipinski definition) is 1. The number of carboxylic acids is 1. The third-order valence-corrected chi connectivity index (χ3v) is 5.39. The first-order valence-electron chi connectivity index (χ1n) is 10.3. The summed E-state index contributed by atoms with van der Waals surface area (Å²) in [4.78, 5) is 36.4. The molecule has 2 heterocycles. The minimum absolute atomic E-state index is 0.0522. The van der Waals surface area contributed by atoms with Crippen LogP contribution in [0.3, 0.4) is 0 Å². The summed E-state index contributed by atoms with van der Waals surface area (Å²) in [6, 6.07) is 14.3. The van der Waals surface area contributed by atoms with E-state index in [1.54, 1.807) is 62.4 Å². The molecule has 3 aromatic rings. The molecule has 1 aliphatic rings. The summed E-state index contributed by atoms with van der Waals surface area (Å²) in [7, 11) is 0. The van der Waals surface area contributed by atoms with Crippen molar-refractivity contribution in [3.8, 4) is 11.3 Å². The van der Waals surface area contributed by atoms with Crippen molar-refractivity contribution in [2.75, 3.05) is 11.6 Å². The lowest BCUT2D eigenvalue weighted by Gasteiger charge is -2.12. The van der Waals surface area contributed by atoms with Crippen LogP contribution < -0.4 is 5.01 Å². The van der Waals surface area contributed by atoms with E-state index in [1.807, 2.05) is 0 Å². The first kappa shape index (κ1) is 23.0. The number of carbonyl (C=O) groups excluding carboxylic acids is 2. The van der Waals surface area contributed by atoms with Gasteiger partial charge in [-0.3, -0.25) is 4.79 Å². The lowest BCUT2D eigenvalue weighted by Crippen LogP contribution is -2.21. The molecule has 1 aromatic heterocycles. The van der Waals surface area contributed by atoms with Crippen molar-refractivity contribution in [2.24, 2.45) is 5.10 Å². The zero-order valence-electron chi connectivity index (χ0n) is 18.2. The van der Waals surface area contributed by atoms with Gasteiger partial charge in [-0.05, 0) is 68.5 Å².